The van der Waals surface area contributed by atoms with Crippen LogP contribution in [0.15, 0.2) is 49.1 Å². The van der Waals surface area contributed by atoms with Crippen molar-refractivity contribution in [3.05, 3.63) is 94.1 Å². The van der Waals surface area contributed by atoms with Crippen LogP contribution in [0.1, 0.15) is 57.9 Å². The van der Waals surface area contributed by atoms with Crippen LogP contribution >= 0.6 is 0 Å². The van der Waals surface area contributed by atoms with Crippen LogP contribution in [0.3, 0.4) is 0 Å². The number of halogens is 4. The van der Waals surface area contributed by atoms with Crippen molar-refractivity contribution in [1.82, 2.24) is 19.1 Å². The van der Waals surface area contributed by atoms with Gasteiger partial charge in [-0.25, -0.2) is 27.5 Å². The van der Waals surface area contributed by atoms with E-state index in [1.165, 1.54) is 36.4 Å². The van der Waals surface area contributed by atoms with Gasteiger partial charge in [-0.3, -0.25) is 4.57 Å². The molecule has 11 heteroatoms. The molecular formula is C29H28F4N7+. The van der Waals surface area contributed by atoms with Gasteiger partial charge in [0.05, 0.1) is 72.9 Å². The highest BCUT2D eigenvalue weighted by atomic mass is 19.3. The van der Waals surface area contributed by atoms with Crippen LogP contribution < -0.4 is 0 Å². The average Bonchev–Trinajstić information content (AvgIpc) is 3.47. The van der Waals surface area contributed by atoms with Crippen molar-refractivity contribution >= 4 is 0 Å². The summed E-state index contributed by atoms with van der Waals surface area (Å²) in [6.45, 7) is 4.88. The first-order valence-corrected chi connectivity index (χ1v) is 12.5. The number of hydrogen-bond donors (Lipinski definition) is 0. The number of likely N-dealkylation sites (N-methyl/N-ethyl adjacent to an activating group) is 1. The highest BCUT2D eigenvalue weighted by Gasteiger charge is 2.25. The second kappa shape index (κ2) is 11.3. The van der Waals surface area contributed by atoms with Gasteiger partial charge in [0, 0.05) is 17.5 Å². The number of nitrogens with zero attached hydrogens (tertiary/aromatic N) is 7. The lowest BCUT2D eigenvalue weighted by Gasteiger charge is -2.30. The summed E-state index contributed by atoms with van der Waals surface area (Å²) in [5, 5.41) is 19.2. The largest absolute Gasteiger partial charge is 0.323 e. The quantitative estimate of drug-likeness (QED) is 0.186. The number of nitriles is 2. The monoisotopic (exact) mass is 550 g/mol. The van der Waals surface area contributed by atoms with Crippen molar-refractivity contribution in [2.45, 2.75) is 39.7 Å². The number of aryl methyl sites for hydroxylation is 2. The van der Waals surface area contributed by atoms with Crippen LogP contribution in [0.2, 0.25) is 0 Å². The van der Waals surface area contributed by atoms with Gasteiger partial charge in [-0.15, -0.1) is 0 Å². The summed E-state index contributed by atoms with van der Waals surface area (Å²) in [5.74, 6) is 0. The molecule has 2 aromatic carbocycles. The lowest BCUT2D eigenvalue weighted by molar-refractivity contribution is -0.903. The molecule has 4 rings (SSSR count). The SMILES string of the molecule is Cc1ncn(-c2ccc(C(F)F)cc2C#N)c1CC[N+](C)(C)Cc1c(C)ncn1-c1ccc(C(F)F)cc1C#N. The van der Waals surface area contributed by atoms with E-state index in [2.05, 4.69) is 9.97 Å². The summed E-state index contributed by atoms with van der Waals surface area (Å²) in [6.07, 6.45) is -1.60. The summed E-state index contributed by atoms with van der Waals surface area (Å²) in [6, 6.07) is 12.1. The van der Waals surface area contributed by atoms with Crippen molar-refractivity contribution in [1.29, 1.82) is 10.5 Å². The first-order chi connectivity index (χ1) is 19.0. The smallest absolute Gasteiger partial charge is 0.263 e. The van der Waals surface area contributed by atoms with Gasteiger partial charge in [0.15, 0.2) is 0 Å². The number of quaternary nitrogens is 1. The number of aromatic nitrogens is 4. The van der Waals surface area contributed by atoms with Gasteiger partial charge in [-0.05, 0) is 38.1 Å². The Morgan fingerprint density at radius 2 is 1.23 bits per heavy atom. The highest BCUT2D eigenvalue weighted by molar-refractivity contribution is 5.53. The molecule has 0 N–H and O–H groups in total. The molecular weight excluding hydrogens is 522 g/mol. The molecule has 0 bridgehead atoms. The van der Waals surface area contributed by atoms with Gasteiger partial charge >= 0.3 is 0 Å². The zero-order valence-corrected chi connectivity index (χ0v) is 22.5. The van der Waals surface area contributed by atoms with E-state index < -0.39 is 12.9 Å². The normalized spacial score (nSPS) is 11.7. The third-order valence-electron chi connectivity index (χ3n) is 6.99. The molecule has 4 aromatic rings. The van der Waals surface area contributed by atoms with Gasteiger partial charge < -0.3 is 9.05 Å². The molecule has 0 aliphatic rings. The van der Waals surface area contributed by atoms with Crippen molar-refractivity contribution < 1.29 is 22.0 Å². The van der Waals surface area contributed by atoms with Gasteiger partial charge in [0.25, 0.3) is 12.9 Å². The molecule has 0 aliphatic carbocycles. The maximum absolute atomic E-state index is 13.2. The second-order valence-electron chi connectivity index (χ2n) is 10.2. The Kier molecular flexibility index (Phi) is 8.08. The molecule has 0 atom stereocenters. The van der Waals surface area contributed by atoms with E-state index in [1.54, 1.807) is 21.8 Å². The Morgan fingerprint density at radius 1 is 0.775 bits per heavy atom. The first-order valence-electron chi connectivity index (χ1n) is 12.5. The Balaban J connectivity index is 1.60. The van der Waals surface area contributed by atoms with Crippen molar-refractivity contribution in [3.63, 3.8) is 0 Å². The highest BCUT2D eigenvalue weighted by Crippen LogP contribution is 2.28. The maximum atomic E-state index is 13.2. The third kappa shape index (κ3) is 5.75. The molecule has 0 fully saturated rings. The number of alkyl halides is 4. The van der Waals surface area contributed by atoms with Crippen LogP contribution in [0.25, 0.3) is 11.4 Å². The fourth-order valence-corrected chi connectivity index (χ4v) is 4.70. The van der Waals surface area contributed by atoms with Crippen LogP contribution in [0.4, 0.5) is 17.6 Å². The molecule has 2 heterocycles. The molecule has 0 spiro atoms. The van der Waals surface area contributed by atoms with Crippen LogP contribution in [-0.4, -0.2) is 44.2 Å². The van der Waals surface area contributed by atoms with E-state index in [0.29, 0.717) is 35.4 Å². The molecule has 0 unspecified atom stereocenters. The molecule has 40 heavy (non-hydrogen) atoms. The Bertz CT molecular complexity index is 1620. The zero-order valence-electron chi connectivity index (χ0n) is 22.5. The Morgan fingerprint density at radius 3 is 1.68 bits per heavy atom. The van der Waals surface area contributed by atoms with Gasteiger partial charge in [-0.2, -0.15) is 10.5 Å². The van der Waals surface area contributed by atoms with E-state index in [9.17, 15) is 28.1 Å². The van der Waals surface area contributed by atoms with E-state index in [1.807, 2.05) is 40.1 Å². The van der Waals surface area contributed by atoms with Crippen LogP contribution in [0.5, 0.6) is 0 Å². The lowest BCUT2D eigenvalue weighted by Crippen LogP contribution is -2.41. The minimum atomic E-state index is -2.68. The second-order valence-corrected chi connectivity index (χ2v) is 10.2. The van der Waals surface area contributed by atoms with Crippen molar-refractivity contribution in [2.24, 2.45) is 0 Å². The number of imidazole rings is 2. The summed E-state index contributed by atoms with van der Waals surface area (Å²) in [4.78, 5) is 8.83. The maximum Gasteiger partial charge on any atom is 0.263 e. The predicted molar refractivity (Wildman–Crippen MR) is 140 cm³/mol. The standard InChI is InChI=1S/C29H28F4N7/c1-18-24(38(16-36-18)25-7-5-20(28(30)31)11-22(25)13-34)9-10-40(3,4)15-27-19(2)37-17-39(27)26-8-6-21(29(32)33)12-23(26)14-35/h5-8,11-12,16-17,28-29H,9-10,15H2,1-4H3/q+1. The Hall–Kier alpha value is -4.48. The predicted octanol–water partition coefficient (Wildman–Crippen LogP) is 6.11. The number of rotatable bonds is 9. The lowest BCUT2D eigenvalue weighted by atomic mass is 10.1. The molecule has 0 amide bonds. The van der Waals surface area contributed by atoms with Crippen molar-refractivity contribution in [3.8, 4) is 23.5 Å². The molecule has 206 valence electrons. The van der Waals surface area contributed by atoms with E-state index in [4.69, 9.17) is 0 Å². The average molecular weight is 551 g/mol. The minimum Gasteiger partial charge on any atom is -0.323 e. The van der Waals surface area contributed by atoms with E-state index >= 15 is 0 Å². The van der Waals surface area contributed by atoms with Gasteiger partial charge in [0.2, 0.25) is 0 Å². The Labute approximate surface area is 229 Å². The van der Waals surface area contributed by atoms with Crippen molar-refractivity contribution in [2.75, 3.05) is 20.6 Å². The van der Waals surface area contributed by atoms with E-state index in [-0.39, 0.29) is 22.3 Å². The fraction of sp³-hybridized carbons (Fsp3) is 0.310. The zero-order chi connectivity index (χ0) is 29.2. The molecule has 2 aromatic heterocycles. The van der Waals surface area contributed by atoms with Gasteiger partial charge in [-0.1, -0.05) is 12.1 Å². The summed E-state index contributed by atoms with van der Waals surface area (Å²) in [5.41, 5.74) is 4.01. The molecule has 7 nitrogen and oxygen atoms in total. The number of hydrogen-bond acceptors (Lipinski definition) is 4. The van der Waals surface area contributed by atoms with Gasteiger partial charge in [0.1, 0.15) is 24.4 Å². The molecule has 0 saturated carbocycles. The number of benzene rings is 2. The summed E-state index contributed by atoms with van der Waals surface area (Å²) in [7, 11) is 4.08. The summed E-state index contributed by atoms with van der Waals surface area (Å²) >= 11 is 0. The first kappa shape index (κ1) is 28.5. The molecule has 0 aliphatic heterocycles. The van der Waals surface area contributed by atoms with Crippen LogP contribution in [0, 0.1) is 36.5 Å². The molecule has 0 radical (unpaired) electrons. The fourth-order valence-electron chi connectivity index (χ4n) is 4.70. The van der Waals surface area contributed by atoms with E-state index in [0.717, 1.165) is 22.8 Å². The topological polar surface area (TPSA) is 83.2 Å². The minimum absolute atomic E-state index is 0.132. The third-order valence-corrected chi connectivity index (χ3v) is 6.99. The summed E-state index contributed by atoms with van der Waals surface area (Å²) < 4.78 is 56.8. The van der Waals surface area contributed by atoms with Crippen LogP contribution in [-0.2, 0) is 13.0 Å². The molecule has 0 saturated heterocycles.